The lowest BCUT2D eigenvalue weighted by Crippen LogP contribution is -2.56. The molecule has 92 valence electrons. The van der Waals surface area contributed by atoms with Gasteiger partial charge in [-0.15, -0.1) is 0 Å². The molecule has 1 atom stereocenters. The number of amides is 1. The van der Waals surface area contributed by atoms with E-state index in [0.29, 0.717) is 0 Å². The van der Waals surface area contributed by atoms with Crippen molar-refractivity contribution in [3.05, 3.63) is 0 Å². The first kappa shape index (κ1) is 11.8. The van der Waals surface area contributed by atoms with Crippen LogP contribution in [-0.4, -0.2) is 62.7 Å². The van der Waals surface area contributed by atoms with Gasteiger partial charge in [-0.1, -0.05) is 0 Å². The third-order valence-electron chi connectivity index (χ3n) is 3.28. The molecule has 2 fully saturated rings. The molecule has 2 aliphatic rings. The average Bonchev–Trinajstić information content (AvgIpc) is 2.83. The van der Waals surface area contributed by atoms with E-state index in [-0.39, 0.29) is 11.9 Å². The largest absolute Gasteiger partial charge is 0.353 e. The van der Waals surface area contributed by atoms with Crippen LogP contribution in [0.5, 0.6) is 0 Å². The first-order valence-electron chi connectivity index (χ1n) is 6.30. The van der Waals surface area contributed by atoms with E-state index in [0.717, 1.165) is 32.7 Å². The minimum absolute atomic E-state index is 0.0488. The Bertz CT molecular complexity index is 222. The summed E-state index contributed by atoms with van der Waals surface area (Å²) in [6.45, 7) is 6.73. The van der Waals surface area contributed by atoms with Crippen molar-refractivity contribution in [3.8, 4) is 0 Å². The fraction of sp³-hybridized carbons (Fsp3) is 0.909. The molecule has 0 aliphatic carbocycles. The summed E-state index contributed by atoms with van der Waals surface area (Å²) in [6, 6.07) is -0.0488. The number of rotatable bonds is 4. The predicted octanol–water partition coefficient (Wildman–Crippen LogP) is -1.24. The Labute approximate surface area is 96.9 Å². The van der Waals surface area contributed by atoms with E-state index >= 15 is 0 Å². The number of nitrogens with zero attached hydrogens (tertiary/aromatic N) is 1. The molecule has 0 bridgehead atoms. The molecular formula is C11H22N4O. The van der Waals surface area contributed by atoms with Crippen LogP contribution in [0.4, 0.5) is 0 Å². The van der Waals surface area contributed by atoms with E-state index in [2.05, 4.69) is 20.9 Å². The zero-order valence-electron chi connectivity index (χ0n) is 9.80. The van der Waals surface area contributed by atoms with Crippen molar-refractivity contribution in [2.45, 2.75) is 18.9 Å². The predicted molar refractivity (Wildman–Crippen MR) is 63.3 cm³/mol. The van der Waals surface area contributed by atoms with Gasteiger partial charge in [0.1, 0.15) is 0 Å². The van der Waals surface area contributed by atoms with Crippen molar-refractivity contribution in [1.29, 1.82) is 0 Å². The minimum atomic E-state index is -0.0488. The molecule has 0 aromatic heterocycles. The van der Waals surface area contributed by atoms with Crippen molar-refractivity contribution in [1.82, 2.24) is 20.9 Å². The maximum Gasteiger partial charge on any atom is 0.238 e. The molecule has 0 aromatic carbocycles. The monoisotopic (exact) mass is 226 g/mol. The molecule has 0 aromatic rings. The lowest BCUT2D eigenvalue weighted by Gasteiger charge is -2.24. The Morgan fingerprint density at radius 1 is 1.31 bits per heavy atom. The number of carbonyl (C=O) groups is 1. The summed E-state index contributed by atoms with van der Waals surface area (Å²) in [7, 11) is 0. The van der Waals surface area contributed by atoms with Crippen LogP contribution >= 0.6 is 0 Å². The number of hydrogen-bond acceptors (Lipinski definition) is 4. The second-order valence-corrected chi connectivity index (χ2v) is 4.55. The SMILES string of the molecule is O=C(NCCN1CCCC1)C1CNCCN1. The van der Waals surface area contributed by atoms with Crippen molar-refractivity contribution < 1.29 is 4.79 Å². The molecule has 2 aliphatic heterocycles. The quantitative estimate of drug-likeness (QED) is 0.561. The van der Waals surface area contributed by atoms with Crippen LogP contribution in [0, 0.1) is 0 Å². The van der Waals surface area contributed by atoms with E-state index in [1.165, 1.54) is 25.9 Å². The number of piperazine rings is 1. The normalized spacial score (nSPS) is 26.9. The van der Waals surface area contributed by atoms with Crippen molar-refractivity contribution in [2.75, 3.05) is 45.8 Å². The Morgan fingerprint density at radius 2 is 2.12 bits per heavy atom. The van der Waals surface area contributed by atoms with Crippen LogP contribution in [0.15, 0.2) is 0 Å². The van der Waals surface area contributed by atoms with Crippen LogP contribution in [0.3, 0.4) is 0 Å². The van der Waals surface area contributed by atoms with Crippen LogP contribution in [0.25, 0.3) is 0 Å². The summed E-state index contributed by atoms with van der Waals surface area (Å²) in [4.78, 5) is 14.1. The summed E-state index contributed by atoms with van der Waals surface area (Å²) in [6.07, 6.45) is 2.62. The number of likely N-dealkylation sites (tertiary alicyclic amines) is 1. The van der Waals surface area contributed by atoms with E-state index < -0.39 is 0 Å². The topological polar surface area (TPSA) is 56.4 Å². The van der Waals surface area contributed by atoms with Crippen molar-refractivity contribution >= 4 is 5.91 Å². The molecule has 5 nitrogen and oxygen atoms in total. The van der Waals surface area contributed by atoms with Crippen LogP contribution in [-0.2, 0) is 4.79 Å². The second-order valence-electron chi connectivity index (χ2n) is 4.55. The molecule has 5 heteroatoms. The molecule has 2 heterocycles. The average molecular weight is 226 g/mol. The fourth-order valence-electron chi connectivity index (χ4n) is 2.31. The summed E-state index contributed by atoms with van der Waals surface area (Å²) < 4.78 is 0. The van der Waals surface area contributed by atoms with Crippen molar-refractivity contribution in [3.63, 3.8) is 0 Å². The molecule has 2 saturated heterocycles. The molecule has 2 rings (SSSR count). The highest BCUT2D eigenvalue weighted by Crippen LogP contribution is 2.05. The smallest absolute Gasteiger partial charge is 0.238 e. The summed E-state index contributed by atoms with van der Waals surface area (Å²) in [5, 5.41) is 9.42. The van der Waals surface area contributed by atoms with Gasteiger partial charge in [-0.3, -0.25) is 4.79 Å². The molecule has 16 heavy (non-hydrogen) atoms. The van der Waals surface area contributed by atoms with Gasteiger partial charge in [0.15, 0.2) is 0 Å². The fourth-order valence-corrected chi connectivity index (χ4v) is 2.31. The zero-order chi connectivity index (χ0) is 11.2. The minimum Gasteiger partial charge on any atom is -0.353 e. The van der Waals surface area contributed by atoms with Gasteiger partial charge in [-0.05, 0) is 25.9 Å². The van der Waals surface area contributed by atoms with Gasteiger partial charge in [-0.25, -0.2) is 0 Å². The van der Waals surface area contributed by atoms with Crippen LogP contribution in [0.2, 0.25) is 0 Å². The van der Waals surface area contributed by atoms with Gasteiger partial charge in [0, 0.05) is 32.7 Å². The summed E-state index contributed by atoms with van der Waals surface area (Å²) in [5.41, 5.74) is 0. The standard InChI is InChI=1S/C11H22N4O/c16-11(10-9-12-3-4-13-10)14-5-8-15-6-1-2-7-15/h10,12-13H,1-9H2,(H,14,16). The van der Waals surface area contributed by atoms with Gasteiger partial charge in [0.25, 0.3) is 0 Å². The Hall–Kier alpha value is -0.650. The lowest BCUT2D eigenvalue weighted by atomic mass is 10.2. The Morgan fingerprint density at radius 3 is 2.81 bits per heavy atom. The third kappa shape index (κ3) is 3.43. The highest BCUT2D eigenvalue weighted by molar-refractivity contribution is 5.82. The lowest BCUT2D eigenvalue weighted by molar-refractivity contribution is -0.123. The number of nitrogens with one attached hydrogen (secondary N) is 3. The Kier molecular flexibility index (Phi) is 4.56. The van der Waals surface area contributed by atoms with E-state index in [9.17, 15) is 4.79 Å². The van der Waals surface area contributed by atoms with Gasteiger partial charge < -0.3 is 20.9 Å². The van der Waals surface area contributed by atoms with E-state index in [4.69, 9.17) is 0 Å². The van der Waals surface area contributed by atoms with E-state index in [1.54, 1.807) is 0 Å². The maximum absolute atomic E-state index is 11.7. The number of carbonyl (C=O) groups excluding carboxylic acids is 1. The zero-order valence-corrected chi connectivity index (χ0v) is 9.80. The molecule has 3 N–H and O–H groups in total. The highest BCUT2D eigenvalue weighted by atomic mass is 16.2. The summed E-state index contributed by atoms with van der Waals surface area (Å²) in [5.74, 6) is 0.131. The maximum atomic E-state index is 11.7. The summed E-state index contributed by atoms with van der Waals surface area (Å²) >= 11 is 0. The number of hydrogen-bond donors (Lipinski definition) is 3. The molecule has 1 unspecified atom stereocenters. The Balaban J connectivity index is 1.59. The van der Waals surface area contributed by atoms with Gasteiger partial charge in [-0.2, -0.15) is 0 Å². The molecule has 0 radical (unpaired) electrons. The van der Waals surface area contributed by atoms with Gasteiger partial charge >= 0.3 is 0 Å². The second kappa shape index (κ2) is 6.18. The van der Waals surface area contributed by atoms with E-state index in [1.807, 2.05) is 0 Å². The highest BCUT2D eigenvalue weighted by Gasteiger charge is 2.20. The first-order chi connectivity index (χ1) is 7.86. The van der Waals surface area contributed by atoms with Crippen LogP contribution in [0.1, 0.15) is 12.8 Å². The first-order valence-corrected chi connectivity index (χ1v) is 6.30. The van der Waals surface area contributed by atoms with Gasteiger partial charge in [0.2, 0.25) is 5.91 Å². The van der Waals surface area contributed by atoms with Gasteiger partial charge in [0.05, 0.1) is 6.04 Å². The molecule has 0 spiro atoms. The third-order valence-corrected chi connectivity index (χ3v) is 3.28. The molecule has 0 saturated carbocycles. The van der Waals surface area contributed by atoms with Crippen LogP contribution < -0.4 is 16.0 Å². The molecule has 1 amide bonds. The van der Waals surface area contributed by atoms with Crippen molar-refractivity contribution in [2.24, 2.45) is 0 Å². The molecular weight excluding hydrogens is 204 g/mol.